The quantitative estimate of drug-likeness (QED) is 0.849. The van der Waals surface area contributed by atoms with Crippen LogP contribution in [0.25, 0.3) is 0 Å². The van der Waals surface area contributed by atoms with Crippen LogP contribution in [0.4, 0.5) is 0 Å². The standard InChI is InChI=1S/C12H18N2O2/c1-8(2)9(3)14(4)12(16)11-10(15)6-5-7-13-11/h5-9,15H,1-4H3. The summed E-state index contributed by atoms with van der Waals surface area (Å²) in [6, 6.07) is 3.17. The fourth-order valence-corrected chi connectivity index (χ4v) is 1.36. The minimum atomic E-state index is -0.251. The number of carbonyl (C=O) groups excluding carboxylic acids is 1. The predicted octanol–water partition coefficient (Wildman–Crippen LogP) is 1.90. The van der Waals surface area contributed by atoms with Crippen molar-refractivity contribution in [3.8, 4) is 5.75 Å². The molecule has 1 aromatic rings. The lowest BCUT2D eigenvalue weighted by Crippen LogP contribution is -2.38. The first-order valence-corrected chi connectivity index (χ1v) is 5.36. The fraction of sp³-hybridized carbons (Fsp3) is 0.500. The molecule has 0 saturated carbocycles. The van der Waals surface area contributed by atoms with E-state index >= 15 is 0 Å². The van der Waals surface area contributed by atoms with Crippen molar-refractivity contribution in [2.45, 2.75) is 26.8 Å². The molecule has 4 heteroatoms. The molecule has 0 spiro atoms. The third-order valence-electron chi connectivity index (χ3n) is 2.89. The number of carbonyl (C=O) groups is 1. The van der Waals surface area contributed by atoms with Gasteiger partial charge in [0.25, 0.3) is 5.91 Å². The number of hydrogen-bond donors (Lipinski definition) is 1. The zero-order chi connectivity index (χ0) is 12.3. The van der Waals surface area contributed by atoms with Gasteiger partial charge >= 0.3 is 0 Å². The molecule has 4 nitrogen and oxygen atoms in total. The van der Waals surface area contributed by atoms with Crippen molar-refractivity contribution in [1.29, 1.82) is 0 Å². The van der Waals surface area contributed by atoms with Gasteiger partial charge < -0.3 is 10.0 Å². The van der Waals surface area contributed by atoms with E-state index in [4.69, 9.17) is 0 Å². The van der Waals surface area contributed by atoms with E-state index in [9.17, 15) is 9.90 Å². The van der Waals surface area contributed by atoms with Gasteiger partial charge in [0.05, 0.1) is 0 Å². The third-order valence-corrected chi connectivity index (χ3v) is 2.89. The van der Waals surface area contributed by atoms with Crippen LogP contribution >= 0.6 is 0 Å². The molecule has 1 aromatic heterocycles. The second-order valence-corrected chi connectivity index (χ2v) is 4.27. The largest absolute Gasteiger partial charge is 0.505 e. The Morgan fingerprint density at radius 3 is 2.56 bits per heavy atom. The van der Waals surface area contributed by atoms with E-state index in [0.717, 1.165) is 0 Å². The molecule has 0 aliphatic heterocycles. The maximum atomic E-state index is 12.0. The number of rotatable bonds is 3. The second kappa shape index (κ2) is 4.96. The van der Waals surface area contributed by atoms with Gasteiger partial charge in [0.15, 0.2) is 5.69 Å². The maximum Gasteiger partial charge on any atom is 0.276 e. The van der Waals surface area contributed by atoms with Crippen LogP contribution in [-0.4, -0.2) is 34.0 Å². The Balaban J connectivity index is 2.91. The lowest BCUT2D eigenvalue weighted by Gasteiger charge is -2.27. The summed E-state index contributed by atoms with van der Waals surface area (Å²) in [7, 11) is 1.72. The first-order valence-electron chi connectivity index (χ1n) is 5.36. The lowest BCUT2D eigenvalue weighted by atomic mass is 10.0. The number of amides is 1. The van der Waals surface area contributed by atoms with Crippen molar-refractivity contribution in [2.24, 2.45) is 5.92 Å². The van der Waals surface area contributed by atoms with Gasteiger partial charge in [-0.15, -0.1) is 0 Å². The molecule has 0 saturated heterocycles. The monoisotopic (exact) mass is 222 g/mol. The van der Waals surface area contributed by atoms with E-state index < -0.39 is 0 Å². The first-order chi connectivity index (χ1) is 7.45. The van der Waals surface area contributed by atoms with E-state index in [1.54, 1.807) is 18.0 Å². The van der Waals surface area contributed by atoms with Gasteiger partial charge in [-0.1, -0.05) is 13.8 Å². The molecule has 1 unspecified atom stereocenters. The highest BCUT2D eigenvalue weighted by Gasteiger charge is 2.22. The average Bonchev–Trinajstić information content (AvgIpc) is 2.26. The molecule has 1 N–H and O–H groups in total. The summed E-state index contributed by atoms with van der Waals surface area (Å²) in [4.78, 5) is 17.5. The van der Waals surface area contributed by atoms with Gasteiger partial charge in [0.2, 0.25) is 0 Å². The van der Waals surface area contributed by atoms with Gasteiger partial charge in [0.1, 0.15) is 5.75 Å². The summed E-state index contributed by atoms with van der Waals surface area (Å²) >= 11 is 0. The van der Waals surface area contributed by atoms with Crippen LogP contribution in [0.1, 0.15) is 31.3 Å². The minimum Gasteiger partial charge on any atom is -0.505 e. The number of pyridine rings is 1. The van der Waals surface area contributed by atoms with E-state index in [1.165, 1.54) is 12.3 Å². The van der Waals surface area contributed by atoms with Gasteiger partial charge in [-0.2, -0.15) is 0 Å². The van der Waals surface area contributed by atoms with Crippen molar-refractivity contribution < 1.29 is 9.90 Å². The van der Waals surface area contributed by atoms with Crippen LogP contribution in [0.15, 0.2) is 18.3 Å². The highest BCUT2D eigenvalue weighted by Crippen LogP contribution is 2.17. The van der Waals surface area contributed by atoms with Crippen LogP contribution in [0.2, 0.25) is 0 Å². The molecule has 0 aromatic carbocycles. The van der Waals surface area contributed by atoms with Crippen LogP contribution < -0.4 is 0 Å². The van der Waals surface area contributed by atoms with Gasteiger partial charge in [-0.25, -0.2) is 4.98 Å². The highest BCUT2D eigenvalue weighted by atomic mass is 16.3. The number of aromatic hydroxyl groups is 1. The zero-order valence-corrected chi connectivity index (χ0v) is 10.1. The van der Waals surface area contributed by atoms with Crippen molar-refractivity contribution in [2.75, 3.05) is 7.05 Å². The Bertz CT molecular complexity index is 377. The van der Waals surface area contributed by atoms with Crippen molar-refractivity contribution >= 4 is 5.91 Å². The molecule has 88 valence electrons. The zero-order valence-electron chi connectivity index (χ0n) is 10.1. The molecule has 0 aliphatic carbocycles. The van der Waals surface area contributed by atoms with Crippen molar-refractivity contribution in [3.63, 3.8) is 0 Å². The Kier molecular flexibility index (Phi) is 3.88. The molecule has 1 amide bonds. The third kappa shape index (κ3) is 2.51. The molecule has 0 radical (unpaired) electrons. The summed E-state index contributed by atoms with van der Waals surface area (Å²) < 4.78 is 0. The van der Waals surface area contributed by atoms with Crippen LogP contribution in [-0.2, 0) is 0 Å². The van der Waals surface area contributed by atoms with Gasteiger partial charge in [-0.3, -0.25) is 4.79 Å². The van der Waals surface area contributed by atoms with Crippen LogP contribution in [0, 0.1) is 5.92 Å². The summed E-state index contributed by atoms with van der Waals surface area (Å²) in [6.45, 7) is 6.07. The molecule has 0 bridgehead atoms. The molecule has 1 heterocycles. The molecular weight excluding hydrogens is 204 g/mol. The molecular formula is C12H18N2O2. The van der Waals surface area contributed by atoms with Crippen molar-refractivity contribution in [3.05, 3.63) is 24.0 Å². The van der Waals surface area contributed by atoms with Crippen LogP contribution in [0.3, 0.4) is 0 Å². The topological polar surface area (TPSA) is 53.4 Å². The molecule has 0 fully saturated rings. The Hall–Kier alpha value is -1.58. The molecule has 0 aliphatic rings. The van der Waals surface area contributed by atoms with Gasteiger partial charge in [0, 0.05) is 19.3 Å². The van der Waals surface area contributed by atoms with Gasteiger partial charge in [-0.05, 0) is 25.0 Å². The molecule has 1 rings (SSSR count). The highest BCUT2D eigenvalue weighted by molar-refractivity contribution is 5.94. The normalized spacial score (nSPS) is 12.6. The van der Waals surface area contributed by atoms with Crippen molar-refractivity contribution in [1.82, 2.24) is 9.88 Å². The Labute approximate surface area is 95.9 Å². The smallest absolute Gasteiger partial charge is 0.276 e. The SMILES string of the molecule is CC(C)C(C)N(C)C(=O)c1ncccc1O. The minimum absolute atomic E-state index is 0.0738. The summed E-state index contributed by atoms with van der Waals surface area (Å²) in [5.74, 6) is 0.0365. The van der Waals surface area contributed by atoms with E-state index in [2.05, 4.69) is 4.98 Å². The maximum absolute atomic E-state index is 12.0. The predicted molar refractivity (Wildman–Crippen MR) is 62.3 cm³/mol. The summed E-state index contributed by atoms with van der Waals surface area (Å²) in [6.07, 6.45) is 1.50. The molecule has 1 atom stereocenters. The van der Waals surface area contributed by atoms with E-state index in [0.29, 0.717) is 5.92 Å². The van der Waals surface area contributed by atoms with E-state index in [-0.39, 0.29) is 23.4 Å². The van der Waals surface area contributed by atoms with E-state index in [1.807, 2.05) is 20.8 Å². The summed E-state index contributed by atoms with van der Waals surface area (Å²) in [5, 5.41) is 9.54. The fourth-order valence-electron chi connectivity index (χ4n) is 1.36. The number of hydrogen-bond acceptors (Lipinski definition) is 3. The van der Waals surface area contributed by atoms with Crippen LogP contribution in [0.5, 0.6) is 5.75 Å². The Morgan fingerprint density at radius 2 is 2.06 bits per heavy atom. The molecule has 16 heavy (non-hydrogen) atoms. The average molecular weight is 222 g/mol. The second-order valence-electron chi connectivity index (χ2n) is 4.27. The first kappa shape index (κ1) is 12.5. The number of aromatic nitrogens is 1. The summed E-state index contributed by atoms with van der Waals surface area (Å²) in [5.41, 5.74) is 0.109. The Morgan fingerprint density at radius 1 is 1.44 bits per heavy atom. The lowest BCUT2D eigenvalue weighted by molar-refractivity contribution is 0.0698. The number of nitrogens with zero attached hydrogens (tertiary/aromatic N) is 2.